The third kappa shape index (κ3) is 9.14. The van der Waals surface area contributed by atoms with E-state index in [1.54, 1.807) is 12.1 Å². The van der Waals surface area contributed by atoms with E-state index in [0.717, 1.165) is 37.7 Å². The largest absolute Gasteiger partial charge is 0.466 e. The van der Waals surface area contributed by atoms with Crippen molar-refractivity contribution in [2.24, 2.45) is 5.92 Å². The number of aliphatic hydroxyl groups is 1. The van der Waals surface area contributed by atoms with Crippen LogP contribution in [-0.4, -0.2) is 60.4 Å². The molecule has 1 aliphatic carbocycles. The van der Waals surface area contributed by atoms with Crippen molar-refractivity contribution in [3.63, 3.8) is 0 Å². The lowest BCUT2D eigenvalue weighted by molar-refractivity contribution is -0.157. The van der Waals surface area contributed by atoms with E-state index in [9.17, 15) is 24.3 Å². The van der Waals surface area contributed by atoms with Crippen LogP contribution in [0.2, 0.25) is 0 Å². The number of hydrogen-bond donors (Lipinski definition) is 3. The smallest absolute Gasteiger partial charge is 0.408 e. The summed E-state index contributed by atoms with van der Waals surface area (Å²) in [5.74, 6) is -1.71. The predicted octanol–water partition coefficient (Wildman–Crippen LogP) is 2.37. The first kappa shape index (κ1) is 27.4. The summed E-state index contributed by atoms with van der Waals surface area (Å²) in [7, 11) is 0. The fourth-order valence-electron chi connectivity index (χ4n) is 4.51. The van der Waals surface area contributed by atoms with Crippen molar-refractivity contribution in [2.45, 2.75) is 82.6 Å². The SMILES string of the molecule is O=C1CCCOC(=O)[C@H](O)[C@H](CC2CCCCC2)NC(=O)[C@@H](NC(=O)OCc2ccccc2)CCO1. The van der Waals surface area contributed by atoms with Crippen LogP contribution >= 0.6 is 0 Å². The number of esters is 2. The Balaban J connectivity index is 1.69. The zero-order valence-corrected chi connectivity index (χ0v) is 20.5. The van der Waals surface area contributed by atoms with Gasteiger partial charge < -0.3 is 30.0 Å². The summed E-state index contributed by atoms with van der Waals surface area (Å²) in [6.45, 7) is -0.108. The number of cyclic esters (lactones) is 2. The Bertz CT molecular complexity index is 872. The van der Waals surface area contributed by atoms with Crippen molar-refractivity contribution in [1.29, 1.82) is 0 Å². The summed E-state index contributed by atoms with van der Waals surface area (Å²) in [6, 6.07) is 7.12. The maximum atomic E-state index is 13.2. The summed E-state index contributed by atoms with van der Waals surface area (Å²) >= 11 is 0. The first-order valence-corrected chi connectivity index (χ1v) is 12.7. The average molecular weight is 505 g/mol. The van der Waals surface area contributed by atoms with Crippen LogP contribution in [0.3, 0.4) is 0 Å². The Morgan fingerprint density at radius 3 is 2.50 bits per heavy atom. The molecule has 3 N–H and O–H groups in total. The van der Waals surface area contributed by atoms with Gasteiger partial charge in [0.2, 0.25) is 5.91 Å². The second-order valence-electron chi connectivity index (χ2n) is 9.34. The normalized spacial score (nSPS) is 25.0. The van der Waals surface area contributed by atoms with E-state index < -0.39 is 42.1 Å². The molecule has 1 saturated carbocycles. The minimum absolute atomic E-state index is 0.00863. The fraction of sp³-hybridized carbons (Fsp3) is 0.615. The molecule has 3 rings (SSSR count). The molecule has 36 heavy (non-hydrogen) atoms. The zero-order valence-electron chi connectivity index (χ0n) is 20.5. The van der Waals surface area contributed by atoms with E-state index in [-0.39, 0.29) is 45.0 Å². The molecule has 0 bridgehead atoms. The van der Waals surface area contributed by atoms with Crippen LogP contribution in [0.1, 0.15) is 63.4 Å². The molecular formula is C26H36N2O8. The highest BCUT2D eigenvalue weighted by Gasteiger charge is 2.34. The van der Waals surface area contributed by atoms with Crippen molar-refractivity contribution in [3.8, 4) is 0 Å². The summed E-state index contributed by atoms with van der Waals surface area (Å²) in [6.07, 6.45) is 3.53. The summed E-state index contributed by atoms with van der Waals surface area (Å²) < 4.78 is 15.5. The molecule has 1 saturated heterocycles. The average Bonchev–Trinajstić information content (AvgIpc) is 2.89. The molecule has 3 atom stereocenters. The number of rotatable bonds is 5. The Morgan fingerprint density at radius 1 is 1.00 bits per heavy atom. The Kier molecular flexibility index (Phi) is 11.0. The lowest BCUT2D eigenvalue weighted by Crippen LogP contribution is -2.55. The number of aliphatic hydroxyl groups excluding tert-OH is 1. The van der Waals surface area contributed by atoms with Crippen LogP contribution in [0.15, 0.2) is 30.3 Å². The number of alkyl carbamates (subject to hydrolysis) is 1. The van der Waals surface area contributed by atoms with E-state index in [1.165, 1.54) is 0 Å². The van der Waals surface area contributed by atoms with E-state index in [1.807, 2.05) is 18.2 Å². The van der Waals surface area contributed by atoms with E-state index in [4.69, 9.17) is 14.2 Å². The zero-order chi connectivity index (χ0) is 25.8. The van der Waals surface area contributed by atoms with Gasteiger partial charge in [-0.05, 0) is 24.3 Å². The highest BCUT2D eigenvalue weighted by atomic mass is 16.6. The molecule has 0 spiro atoms. The van der Waals surface area contributed by atoms with Crippen LogP contribution < -0.4 is 10.6 Å². The van der Waals surface area contributed by atoms with Crippen molar-refractivity contribution in [2.75, 3.05) is 13.2 Å². The van der Waals surface area contributed by atoms with E-state index >= 15 is 0 Å². The molecule has 0 radical (unpaired) electrons. The van der Waals surface area contributed by atoms with Crippen molar-refractivity contribution >= 4 is 23.9 Å². The van der Waals surface area contributed by atoms with Crippen LogP contribution in [0.4, 0.5) is 4.79 Å². The molecule has 0 aromatic heterocycles. The molecule has 10 nitrogen and oxygen atoms in total. The van der Waals surface area contributed by atoms with Gasteiger partial charge in [0.15, 0.2) is 6.10 Å². The Hall–Kier alpha value is -3.14. The minimum atomic E-state index is -1.56. The van der Waals surface area contributed by atoms with Crippen molar-refractivity contribution in [3.05, 3.63) is 35.9 Å². The minimum Gasteiger partial charge on any atom is -0.466 e. The fourth-order valence-corrected chi connectivity index (χ4v) is 4.51. The number of benzene rings is 1. The van der Waals surface area contributed by atoms with Gasteiger partial charge in [-0.15, -0.1) is 0 Å². The highest BCUT2D eigenvalue weighted by Crippen LogP contribution is 2.28. The van der Waals surface area contributed by atoms with Gasteiger partial charge in [-0.3, -0.25) is 9.59 Å². The third-order valence-corrected chi connectivity index (χ3v) is 6.52. The number of nitrogens with one attached hydrogen (secondary N) is 2. The van der Waals surface area contributed by atoms with Gasteiger partial charge in [0.25, 0.3) is 0 Å². The first-order chi connectivity index (χ1) is 17.4. The summed E-state index contributed by atoms with van der Waals surface area (Å²) in [4.78, 5) is 50.0. The number of carbonyl (C=O) groups is 4. The predicted molar refractivity (Wildman–Crippen MR) is 128 cm³/mol. The van der Waals surface area contributed by atoms with Gasteiger partial charge >= 0.3 is 18.0 Å². The van der Waals surface area contributed by atoms with Crippen LogP contribution in [0.5, 0.6) is 0 Å². The van der Waals surface area contributed by atoms with Crippen molar-refractivity contribution < 1.29 is 38.5 Å². The lowest BCUT2D eigenvalue weighted by atomic mass is 9.83. The monoisotopic (exact) mass is 504 g/mol. The van der Waals surface area contributed by atoms with Gasteiger partial charge in [-0.25, -0.2) is 9.59 Å². The van der Waals surface area contributed by atoms with Gasteiger partial charge in [-0.2, -0.15) is 0 Å². The second-order valence-corrected chi connectivity index (χ2v) is 9.34. The topological polar surface area (TPSA) is 140 Å². The first-order valence-electron chi connectivity index (χ1n) is 12.7. The van der Waals surface area contributed by atoms with Crippen LogP contribution in [0, 0.1) is 5.92 Å². The molecule has 2 aliphatic rings. The maximum absolute atomic E-state index is 13.2. The molecule has 0 unspecified atom stereocenters. The summed E-state index contributed by atoms with van der Waals surface area (Å²) in [5.41, 5.74) is 0.784. The highest BCUT2D eigenvalue weighted by molar-refractivity contribution is 5.86. The number of carbonyl (C=O) groups excluding carboxylic acids is 4. The maximum Gasteiger partial charge on any atom is 0.408 e. The Labute approximate surface area is 211 Å². The molecule has 198 valence electrons. The molecular weight excluding hydrogens is 468 g/mol. The molecule has 2 fully saturated rings. The van der Waals surface area contributed by atoms with Crippen LogP contribution in [-0.2, 0) is 35.2 Å². The standard InChI is InChI=1S/C26H36N2O8/c29-22-12-7-14-35-25(32)23(30)21(16-18-8-3-1-4-9-18)27-24(31)20(13-15-34-22)28-26(33)36-17-19-10-5-2-6-11-19/h2,5-6,10-11,18,20-21,23,30H,1,3-4,7-9,12-17H2,(H,27,31)(H,28,33)/t20-,21-,23+/m0/s1. The van der Waals surface area contributed by atoms with Gasteiger partial charge in [0.05, 0.1) is 19.3 Å². The molecule has 1 aliphatic heterocycles. The van der Waals surface area contributed by atoms with E-state index in [0.29, 0.717) is 6.42 Å². The van der Waals surface area contributed by atoms with Gasteiger partial charge in [0, 0.05) is 12.8 Å². The molecule has 1 aromatic rings. The van der Waals surface area contributed by atoms with Gasteiger partial charge in [0.1, 0.15) is 12.6 Å². The van der Waals surface area contributed by atoms with Crippen molar-refractivity contribution in [1.82, 2.24) is 10.6 Å². The van der Waals surface area contributed by atoms with Crippen LogP contribution in [0.25, 0.3) is 0 Å². The molecule has 10 heteroatoms. The second kappa shape index (κ2) is 14.4. The number of hydrogen-bond acceptors (Lipinski definition) is 8. The Morgan fingerprint density at radius 2 is 1.75 bits per heavy atom. The molecule has 2 amide bonds. The quantitative estimate of drug-likeness (QED) is 0.410. The molecule has 1 heterocycles. The summed E-state index contributed by atoms with van der Waals surface area (Å²) in [5, 5.41) is 16.0. The van der Waals surface area contributed by atoms with Gasteiger partial charge in [-0.1, -0.05) is 62.4 Å². The number of ether oxygens (including phenoxy) is 3. The third-order valence-electron chi connectivity index (χ3n) is 6.52. The molecule has 1 aromatic carbocycles. The van der Waals surface area contributed by atoms with E-state index in [2.05, 4.69) is 10.6 Å². The number of amides is 2. The lowest BCUT2D eigenvalue weighted by Gasteiger charge is -2.30.